The SMILES string of the molecule is CN(c1cnc(-c2ccc(-c3cnc4c(n3)OCCO4)cc2O)nn1)C1C[C@H]2CCC[C@@H](C1)N2. The van der Waals surface area contributed by atoms with E-state index in [0.717, 1.165) is 18.7 Å². The van der Waals surface area contributed by atoms with Crippen LogP contribution in [0.15, 0.2) is 30.6 Å². The summed E-state index contributed by atoms with van der Waals surface area (Å²) < 4.78 is 10.9. The lowest BCUT2D eigenvalue weighted by atomic mass is 9.83. The van der Waals surface area contributed by atoms with E-state index in [9.17, 15) is 5.11 Å². The summed E-state index contributed by atoms with van der Waals surface area (Å²) in [5.41, 5.74) is 1.78. The van der Waals surface area contributed by atoms with Crippen LogP contribution in [0.25, 0.3) is 22.6 Å². The molecule has 2 saturated heterocycles. The average molecular weight is 462 g/mol. The van der Waals surface area contributed by atoms with Crippen LogP contribution >= 0.6 is 0 Å². The number of rotatable bonds is 4. The van der Waals surface area contributed by atoms with Crippen molar-refractivity contribution in [2.24, 2.45) is 0 Å². The number of phenolic OH excluding ortho intramolecular Hbond substituents is 1. The van der Waals surface area contributed by atoms with Gasteiger partial charge in [-0.05, 0) is 37.8 Å². The first-order chi connectivity index (χ1) is 16.6. The fourth-order valence-electron chi connectivity index (χ4n) is 5.14. The molecule has 0 spiro atoms. The Bertz CT molecular complexity index is 1180. The summed E-state index contributed by atoms with van der Waals surface area (Å²) in [7, 11) is 2.07. The van der Waals surface area contributed by atoms with Gasteiger partial charge in [-0.1, -0.05) is 12.5 Å². The molecule has 3 aliphatic rings. The lowest BCUT2D eigenvalue weighted by molar-refractivity contribution is 0.157. The Kier molecular flexibility index (Phi) is 5.37. The lowest BCUT2D eigenvalue weighted by Gasteiger charge is -2.43. The number of phenols is 1. The topological polar surface area (TPSA) is 118 Å². The fourth-order valence-corrected chi connectivity index (χ4v) is 5.14. The number of benzene rings is 1. The van der Waals surface area contributed by atoms with Gasteiger partial charge in [0.1, 0.15) is 19.0 Å². The third-order valence-corrected chi connectivity index (χ3v) is 6.95. The van der Waals surface area contributed by atoms with E-state index in [1.54, 1.807) is 24.5 Å². The number of hydrogen-bond acceptors (Lipinski definition) is 10. The van der Waals surface area contributed by atoms with Gasteiger partial charge in [0.2, 0.25) is 0 Å². The second-order valence-electron chi connectivity index (χ2n) is 9.16. The van der Waals surface area contributed by atoms with Crippen molar-refractivity contribution in [3.8, 4) is 40.2 Å². The molecule has 1 unspecified atom stereocenters. The molecule has 0 saturated carbocycles. The highest BCUT2D eigenvalue weighted by molar-refractivity contribution is 5.71. The molecule has 10 heteroatoms. The van der Waals surface area contributed by atoms with Crippen LogP contribution in [0.3, 0.4) is 0 Å². The Hall–Kier alpha value is -3.53. The summed E-state index contributed by atoms with van der Waals surface area (Å²) >= 11 is 0. The minimum Gasteiger partial charge on any atom is -0.507 e. The molecule has 2 fully saturated rings. The van der Waals surface area contributed by atoms with Crippen LogP contribution in [0.5, 0.6) is 17.5 Å². The van der Waals surface area contributed by atoms with Gasteiger partial charge >= 0.3 is 0 Å². The number of piperidine rings is 2. The van der Waals surface area contributed by atoms with E-state index in [4.69, 9.17) is 9.47 Å². The predicted octanol–water partition coefficient (Wildman–Crippen LogP) is 2.58. The molecule has 10 nitrogen and oxygen atoms in total. The Morgan fingerprint density at radius 3 is 2.53 bits per heavy atom. The Labute approximate surface area is 197 Å². The normalized spacial score (nSPS) is 23.4. The summed E-state index contributed by atoms with van der Waals surface area (Å²) in [6, 6.07) is 6.83. The van der Waals surface area contributed by atoms with Gasteiger partial charge in [0.05, 0.1) is 23.7 Å². The fraction of sp³-hybridized carbons (Fsp3) is 0.458. The third-order valence-electron chi connectivity index (χ3n) is 6.95. The lowest BCUT2D eigenvalue weighted by Crippen LogP contribution is -2.54. The number of hydrogen-bond donors (Lipinski definition) is 2. The number of nitrogens with zero attached hydrogens (tertiary/aromatic N) is 6. The number of anilines is 1. The van der Waals surface area contributed by atoms with E-state index in [2.05, 4.69) is 42.4 Å². The minimum atomic E-state index is 0.0447. The Morgan fingerprint density at radius 2 is 1.79 bits per heavy atom. The van der Waals surface area contributed by atoms with Gasteiger partial charge in [-0.3, -0.25) is 0 Å². The minimum absolute atomic E-state index is 0.0447. The van der Waals surface area contributed by atoms with Crippen molar-refractivity contribution in [1.29, 1.82) is 0 Å². The van der Waals surface area contributed by atoms with E-state index in [1.807, 2.05) is 6.07 Å². The highest BCUT2D eigenvalue weighted by Crippen LogP contribution is 2.34. The van der Waals surface area contributed by atoms with Crippen LogP contribution < -0.4 is 19.7 Å². The molecule has 2 N–H and O–H groups in total. The summed E-state index contributed by atoms with van der Waals surface area (Å²) in [5.74, 6) is 1.90. The van der Waals surface area contributed by atoms with Gasteiger partial charge < -0.3 is 24.8 Å². The molecule has 176 valence electrons. The molecule has 2 aromatic heterocycles. The molecular formula is C24H27N7O3. The van der Waals surface area contributed by atoms with Crippen LogP contribution in [0, 0.1) is 0 Å². The zero-order valence-corrected chi connectivity index (χ0v) is 19.0. The van der Waals surface area contributed by atoms with Crippen LogP contribution in [0.1, 0.15) is 32.1 Å². The molecule has 0 amide bonds. The summed E-state index contributed by atoms with van der Waals surface area (Å²) in [6.45, 7) is 0.891. The maximum Gasteiger partial charge on any atom is 0.278 e. The van der Waals surface area contributed by atoms with Crippen molar-refractivity contribution >= 4 is 5.82 Å². The Balaban J connectivity index is 1.20. The quantitative estimate of drug-likeness (QED) is 0.600. The van der Waals surface area contributed by atoms with Crippen LogP contribution in [0.2, 0.25) is 0 Å². The van der Waals surface area contributed by atoms with Crippen LogP contribution in [-0.2, 0) is 0 Å². The zero-order chi connectivity index (χ0) is 23.1. The molecule has 6 rings (SSSR count). The Morgan fingerprint density at radius 1 is 1.00 bits per heavy atom. The first-order valence-electron chi connectivity index (χ1n) is 11.8. The summed E-state index contributed by atoms with van der Waals surface area (Å²) in [6.07, 6.45) is 9.37. The van der Waals surface area contributed by atoms with E-state index < -0.39 is 0 Å². The molecule has 2 bridgehead atoms. The van der Waals surface area contributed by atoms with Crippen molar-refractivity contribution < 1.29 is 14.6 Å². The molecule has 0 radical (unpaired) electrons. The molecule has 0 aliphatic carbocycles. The van der Waals surface area contributed by atoms with Crippen molar-refractivity contribution in [1.82, 2.24) is 30.5 Å². The van der Waals surface area contributed by atoms with E-state index in [-0.39, 0.29) is 5.75 Å². The molecule has 3 aromatic rings. The van der Waals surface area contributed by atoms with Crippen molar-refractivity contribution in [2.75, 3.05) is 25.2 Å². The van der Waals surface area contributed by atoms with Gasteiger partial charge in [0, 0.05) is 30.7 Å². The largest absolute Gasteiger partial charge is 0.507 e. The van der Waals surface area contributed by atoms with E-state index >= 15 is 0 Å². The summed E-state index contributed by atoms with van der Waals surface area (Å²) in [5, 5.41) is 23.2. The second kappa shape index (κ2) is 8.68. The van der Waals surface area contributed by atoms with Gasteiger partial charge in [0.25, 0.3) is 11.8 Å². The van der Waals surface area contributed by atoms with Crippen molar-refractivity contribution in [3.63, 3.8) is 0 Å². The maximum absolute atomic E-state index is 10.7. The first kappa shape index (κ1) is 21.0. The first-order valence-corrected chi connectivity index (χ1v) is 11.8. The average Bonchev–Trinajstić information content (AvgIpc) is 2.88. The standard InChI is InChI=1S/C24H27N7O3/c1-31(17-10-15-3-2-4-16(11-17)27-15)21-13-25-22(30-29-21)18-6-5-14(9-20(18)32)19-12-26-23-24(28-19)34-8-7-33-23/h5-6,9,12-13,15-17,27,32H,2-4,7-8,10-11H2,1H3/t15-,16+,17?. The number of aromatic hydroxyl groups is 1. The molecule has 3 aliphatic heterocycles. The summed E-state index contributed by atoms with van der Waals surface area (Å²) in [4.78, 5) is 15.4. The van der Waals surface area contributed by atoms with Crippen LogP contribution in [-0.4, -0.2) is 68.6 Å². The smallest absolute Gasteiger partial charge is 0.278 e. The molecule has 5 heterocycles. The molecule has 34 heavy (non-hydrogen) atoms. The van der Waals surface area contributed by atoms with Gasteiger partial charge in [0.15, 0.2) is 11.6 Å². The molecule has 3 atom stereocenters. The van der Waals surface area contributed by atoms with Crippen molar-refractivity contribution in [2.45, 2.75) is 50.2 Å². The molecular weight excluding hydrogens is 434 g/mol. The predicted molar refractivity (Wildman–Crippen MR) is 125 cm³/mol. The van der Waals surface area contributed by atoms with E-state index in [0.29, 0.717) is 65.7 Å². The highest BCUT2D eigenvalue weighted by atomic mass is 16.6. The number of ether oxygens (including phenoxy) is 2. The number of aromatic nitrogens is 5. The van der Waals surface area contributed by atoms with Gasteiger partial charge in [-0.25, -0.2) is 15.0 Å². The highest BCUT2D eigenvalue weighted by Gasteiger charge is 2.33. The third kappa shape index (κ3) is 3.98. The number of fused-ring (bicyclic) bond motifs is 3. The monoisotopic (exact) mass is 461 g/mol. The maximum atomic E-state index is 10.7. The number of nitrogens with one attached hydrogen (secondary N) is 1. The zero-order valence-electron chi connectivity index (χ0n) is 19.0. The second-order valence-corrected chi connectivity index (χ2v) is 9.16. The van der Waals surface area contributed by atoms with E-state index in [1.165, 1.54) is 19.3 Å². The van der Waals surface area contributed by atoms with Gasteiger partial charge in [-0.15, -0.1) is 10.2 Å². The van der Waals surface area contributed by atoms with Crippen LogP contribution in [0.4, 0.5) is 5.82 Å². The van der Waals surface area contributed by atoms with Crippen molar-refractivity contribution in [3.05, 3.63) is 30.6 Å². The molecule has 1 aromatic carbocycles. The van der Waals surface area contributed by atoms with Gasteiger partial charge in [-0.2, -0.15) is 0 Å².